The lowest BCUT2D eigenvalue weighted by atomic mass is 9.73. The van der Waals surface area contributed by atoms with Gasteiger partial charge in [-0.25, -0.2) is 0 Å². The second-order valence-electron chi connectivity index (χ2n) is 8.55. The van der Waals surface area contributed by atoms with Gasteiger partial charge in [-0.3, -0.25) is 9.67 Å². The van der Waals surface area contributed by atoms with E-state index in [9.17, 15) is 0 Å². The summed E-state index contributed by atoms with van der Waals surface area (Å²) in [5, 5.41) is 10.3. The van der Waals surface area contributed by atoms with Crippen molar-refractivity contribution >= 4 is 17.3 Å². The number of aromatic nitrogens is 2. The van der Waals surface area contributed by atoms with E-state index in [4.69, 9.17) is 0 Å². The summed E-state index contributed by atoms with van der Waals surface area (Å²) in [6.07, 6.45) is 13.1. The number of rotatable bonds is 5. The van der Waals surface area contributed by atoms with E-state index in [1.807, 2.05) is 36.3 Å². The summed E-state index contributed by atoms with van der Waals surface area (Å²) in [5.74, 6) is 1.76. The van der Waals surface area contributed by atoms with Crippen molar-refractivity contribution in [3.8, 4) is 0 Å². The van der Waals surface area contributed by atoms with Crippen molar-refractivity contribution in [3.05, 3.63) is 40.3 Å². The van der Waals surface area contributed by atoms with E-state index in [1.54, 1.807) is 4.88 Å². The molecule has 1 unspecified atom stereocenters. The Morgan fingerprint density at radius 2 is 2.21 bits per heavy atom. The van der Waals surface area contributed by atoms with Crippen LogP contribution < -0.4 is 5.32 Å². The lowest BCUT2D eigenvalue weighted by Gasteiger charge is -2.38. The van der Waals surface area contributed by atoms with Gasteiger partial charge in [0.2, 0.25) is 0 Å². The van der Waals surface area contributed by atoms with Crippen molar-refractivity contribution in [1.82, 2.24) is 20.0 Å². The number of hydrogen-bond donors (Lipinski definition) is 1. The molecule has 1 aliphatic heterocycles. The molecule has 1 atom stereocenters. The summed E-state index contributed by atoms with van der Waals surface area (Å²) < 4.78 is 1.90. The fourth-order valence-corrected chi connectivity index (χ4v) is 5.99. The van der Waals surface area contributed by atoms with Gasteiger partial charge in [0.1, 0.15) is 0 Å². The summed E-state index contributed by atoms with van der Waals surface area (Å²) in [6.45, 7) is 3.18. The van der Waals surface area contributed by atoms with Gasteiger partial charge >= 0.3 is 0 Å². The zero-order valence-corrected chi connectivity index (χ0v) is 18.0. The average molecular weight is 400 g/mol. The molecular weight excluding hydrogens is 366 g/mol. The molecule has 0 aromatic carbocycles. The molecule has 2 fully saturated rings. The lowest BCUT2D eigenvalue weighted by molar-refractivity contribution is 0.293. The fourth-order valence-electron chi connectivity index (χ4n) is 5.00. The highest BCUT2D eigenvalue weighted by Crippen LogP contribution is 2.41. The van der Waals surface area contributed by atoms with Crippen LogP contribution in [-0.2, 0) is 18.9 Å². The topological polar surface area (TPSA) is 45.5 Å². The number of likely N-dealkylation sites (tertiary alicyclic amines) is 1. The zero-order chi connectivity index (χ0) is 19.4. The Morgan fingerprint density at radius 1 is 1.36 bits per heavy atom. The van der Waals surface area contributed by atoms with Gasteiger partial charge in [0, 0.05) is 50.2 Å². The van der Waals surface area contributed by atoms with Crippen molar-refractivity contribution < 1.29 is 0 Å². The summed E-state index contributed by atoms with van der Waals surface area (Å²) in [4.78, 5) is 8.63. The maximum Gasteiger partial charge on any atom is 0.193 e. The number of nitrogens with zero attached hydrogens (tertiary/aromatic N) is 4. The Morgan fingerprint density at radius 3 is 2.89 bits per heavy atom. The molecule has 0 radical (unpaired) electrons. The molecule has 6 heteroatoms. The molecule has 2 aliphatic rings. The third-order valence-corrected chi connectivity index (χ3v) is 7.64. The number of aryl methyl sites for hydroxylation is 1. The number of aliphatic imine (C=N–C) groups is 1. The highest BCUT2D eigenvalue weighted by Gasteiger charge is 2.35. The van der Waals surface area contributed by atoms with Gasteiger partial charge in [0.25, 0.3) is 0 Å². The van der Waals surface area contributed by atoms with Crippen LogP contribution in [0.2, 0.25) is 0 Å². The second-order valence-corrected chi connectivity index (χ2v) is 9.49. The molecular formula is C22H33N5S. The Labute approximate surface area is 172 Å². The van der Waals surface area contributed by atoms with E-state index < -0.39 is 0 Å². The minimum atomic E-state index is 0.289. The van der Waals surface area contributed by atoms with Crippen LogP contribution in [0.15, 0.2) is 34.9 Å². The lowest BCUT2D eigenvalue weighted by Crippen LogP contribution is -2.47. The van der Waals surface area contributed by atoms with Crippen LogP contribution in [0, 0.1) is 5.92 Å². The molecule has 1 N–H and O–H groups in total. The van der Waals surface area contributed by atoms with Gasteiger partial charge in [-0.1, -0.05) is 25.3 Å². The summed E-state index contributed by atoms with van der Waals surface area (Å²) in [7, 11) is 3.92. The molecule has 152 valence electrons. The van der Waals surface area contributed by atoms with Gasteiger partial charge < -0.3 is 10.2 Å². The van der Waals surface area contributed by atoms with Gasteiger partial charge in [-0.2, -0.15) is 5.10 Å². The molecule has 1 aliphatic carbocycles. The van der Waals surface area contributed by atoms with E-state index in [0.717, 1.165) is 32.0 Å². The first-order valence-corrected chi connectivity index (χ1v) is 11.5. The van der Waals surface area contributed by atoms with E-state index >= 15 is 0 Å². The monoisotopic (exact) mass is 399 g/mol. The first kappa shape index (κ1) is 19.5. The minimum absolute atomic E-state index is 0.289. The van der Waals surface area contributed by atoms with E-state index in [0.29, 0.717) is 5.92 Å². The average Bonchev–Trinajstić information content (AvgIpc) is 3.46. The predicted molar refractivity (Wildman–Crippen MR) is 117 cm³/mol. The Bertz CT molecular complexity index is 773. The summed E-state index contributed by atoms with van der Waals surface area (Å²) in [6, 6.07) is 4.54. The highest BCUT2D eigenvalue weighted by atomic mass is 32.1. The first-order valence-electron chi connectivity index (χ1n) is 10.7. The van der Waals surface area contributed by atoms with Crippen molar-refractivity contribution in [2.75, 3.05) is 26.7 Å². The van der Waals surface area contributed by atoms with Gasteiger partial charge in [0.05, 0.1) is 6.20 Å². The van der Waals surface area contributed by atoms with Crippen molar-refractivity contribution in [2.24, 2.45) is 18.0 Å². The molecule has 0 spiro atoms. The van der Waals surface area contributed by atoms with Crippen LogP contribution in [0.25, 0.3) is 0 Å². The number of hydrogen-bond acceptors (Lipinski definition) is 3. The van der Waals surface area contributed by atoms with Crippen LogP contribution in [-0.4, -0.2) is 47.3 Å². The van der Waals surface area contributed by atoms with Crippen LogP contribution in [0.1, 0.15) is 49.0 Å². The fraction of sp³-hybridized carbons (Fsp3) is 0.636. The van der Waals surface area contributed by atoms with Crippen molar-refractivity contribution in [1.29, 1.82) is 0 Å². The number of nitrogens with one attached hydrogen (secondary N) is 1. The molecule has 1 saturated carbocycles. The smallest absolute Gasteiger partial charge is 0.193 e. The second kappa shape index (κ2) is 8.68. The molecule has 2 aromatic rings. The SMILES string of the molecule is CN=C(NCC1(c2cccs2)CCCCC1)N1CCC(Cc2cnn(C)c2)C1. The Balaban J connectivity index is 1.36. The number of thiophene rings is 1. The van der Waals surface area contributed by atoms with Crippen molar-refractivity contribution in [3.63, 3.8) is 0 Å². The first-order chi connectivity index (χ1) is 13.7. The summed E-state index contributed by atoms with van der Waals surface area (Å²) >= 11 is 1.92. The number of guanidine groups is 1. The van der Waals surface area contributed by atoms with Crippen LogP contribution in [0.5, 0.6) is 0 Å². The highest BCUT2D eigenvalue weighted by molar-refractivity contribution is 7.10. The van der Waals surface area contributed by atoms with Gasteiger partial charge in [0.15, 0.2) is 5.96 Å². The third-order valence-electron chi connectivity index (χ3n) is 6.52. The van der Waals surface area contributed by atoms with Crippen LogP contribution in [0.4, 0.5) is 0 Å². The largest absolute Gasteiger partial charge is 0.355 e. The van der Waals surface area contributed by atoms with Gasteiger partial charge in [-0.05, 0) is 48.6 Å². The standard InChI is InChI=1S/C22H33N5S/c1-23-21(27-11-8-18(16-27)13-19-14-25-26(2)15-19)24-17-22(9-4-3-5-10-22)20-7-6-12-28-20/h6-7,12,14-15,18H,3-5,8-11,13,16-17H2,1-2H3,(H,23,24). The van der Waals surface area contributed by atoms with Crippen LogP contribution in [0.3, 0.4) is 0 Å². The Kier molecular flexibility index (Phi) is 6.04. The van der Waals surface area contributed by atoms with E-state index in [1.165, 1.54) is 44.1 Å². The quantitative estimate of drug-likeness (QED) is 0.614. The maximum atomic E-state index is 4.63. The van der Waals surface area contributed by atoms with Crippen molar-refractivity contribution in [2.45, 2.75) is 50.4 Å². The molecule has 28 heavy (non-hydrogen) atoms. The molecule has 4 rings (SSSR count). The molecule has 0 bridgehead atoms. The predicted octanol–water partition coefficient (Wildman–Crippen LogP) is 3.82. The van der Waals surface area contributed by atoms with Crippen LogP contribution >= 0.6 is 11.3 Å². The van der Waals surface area contributed by atoms with Gasteiger partial charge in [-0.15, -0.1) is 11.3 Å². The van der Waals surface area contributed by atoms with E-state index in [2.05, 4.69) is 44.0 Å². The normalized spacial score (nSPS) is 22.6. The minimum Gasteiger partial charge on any atom is -0.355 e. The molecule has 5 nitrogen and oxygen atoms in total. The summed E-state index contributed by atoms with van der Waals surface area (Å²) in [5.41, 5.74) is 1.63. The Hall–Kier alpha value is -1.82. The zero-order valence-electron chi connectivity index (χ0n) is 17.2. The third kappa shape index (κ3) is 4.27. The molecule has 1 saturated heterocycles. The molecule has 3 heterocycles. The van der Waals surface area contributed by atoms with E-state index in [-0.39, 0.29) is 5.41 Å². The molecule has 0 amide bonds. The molecule has 2 aromatic heterocycles. The maximum absolute atomic E-state index is 4.63.